The van der Waals surface area contributed by atoms with Crippen molar-refractivity contribution in [3.8, 4) is 17.2 Å². The van der Waals surface area contributed by atoms with Crippen molar-refractivity contribution in [3.63, 3.8) is 0 Å². The Hall–Kier alpha value is -3.28. The van der Waals surface area contributed by atoms with Gasteiger partial charge in [-0.3, -0.25) is 9.59 Å². The van der Waals surface area contributed by atoms with Crippen LogP contribution < -0.4 is 19.8 Å². The number of fused-ring (bicyclic) bond motifs is 1. The van der Waals surface area contributed by atoms with E-state index in [0.717, 1.165) is 48.6 Å². The van der Waals surface area contributed by atoms with E-state index in [1.807, 2.05) is 48.5 Å². The number of rotatable bonds is 15. The fourth-order valence-corrected chi connectivity index (χ4v) is 4.18. The lowest BCUT2D eigenvalue weighted by Gasteiger charge is -2.19. The molecule has 194 valence electrons. The summed E-state index contributed by atoms with van der Waals surface area (Å²) in [6.45, 7) is 7.02. The maximum Gasteiger partial charge on any atom is 0.308 e. The predicted octanol–water partition coefficient (Wildman–Crippen LogP) is 7.05. The normalized spacial score (nSPS) is 11.0. The first kappa shape index (κ1) is 27.3. The lowest BCUT2D eigenvalue weighted by molar-refractivity contribution is -0.132. The summed E-state index contributed by atoms with van der Waals surface area (Å²) in [5, 5.41) is 0.718. The van der Waals surface area contributed by atoms with Crippen LogP contribution in [0.1, 0.15) is 77.7 Å². The van der Waals surface area contributed by atoms with E-state index < -0.39 is 5.97 Å². The van der Waals surface area contributed by atoms with Crippen molar-refractivity contribution in [1.29, 1.82) is 0 Å². The van der Waals surface area contributed by atoms with E-state index in [2.05, 4.69) is 13.8 Å². The molecule has 0 saturated carbocycles. The third-order valence-electron chi connectivity index (χ3n) is 6.12. The third-order valence-corrected chi connectivity index (χ3v) is 6.12. The first-order valence-corrected chi connectivity index (χ1v) is 13.2. The highest BCUT2D eigenvalue weighted by atomic mass is 16.6. The zero-order valence-electron chi connectivity index (χ0n) is 21.9. The molecule has 6 heteroatoms. The van der Waals surface area contributed by atoms with E-state index >= 15 is 0 Å². The minimum absolute atomic E-state index is 0.0587. The van der Waals surface area contributed by atoms with Crippen LogP contribution in [0.5, 0.6) is 17.2 Å². The summed E-state index contributed by atoms with van der Waals surface area (Å²) < 4.78 is 19.2. The van der Waals surface area contributed by atoms with E-state index in [-0.39, 0.29) is 23.7 Å². The molecular weight excluding hydrogens is 454 g/mol. The molecule has 3 aromatic rings. The predicted molar refractivity (Wildman–Crippen MR) is 144 cm³/mol. The number of esters is 1. The quantitative estimate of drug-likeness (QED) is 0.168. The summed E-state index contributed by atoms with van der Waals surface area (Å²) in [6, 6.07) is 15.4. The second-order valence-electron chi connectivity index (χ2n) is 9.13. The van der Waals surface area contributed by atoms with Crippen LogP contribution in [-0.4, -0.2) is 17.1 Å². The van der Waals surface area contributed by atoms with Crippen molar-refractivity contribution < 1.29 is 19.0 Å². The Kier molecular flexibility index (Phi) is 10.9. The first-order valence-electron chi connectivity index (χ1n) is 13.2. The smallest absolute Gasteiger partial charge is 0.308 e. The van der Waals surface area contributed by atoms with Crippen molar-refractivity contribution in [2.45, 2.75) is 85.3 Å². The number of carbonyl (C=O) groups is 1. The molecule has 1 aromatic heterocycles. The number of aryl methyl sites for hydroxylation is 1. The van der Waals surface area contributed by atoms with Gasteiger partial charge in [0.25, 0.3) is 5.56 Å². The Morgan fingerprint density at radius 3 is 2.28 bits per heavy atom. The second kappa shape index (κ2) is 14.3. The van der Waals surface area contributed by atoms with Crippen molar-refractivity contribution in [2.75, 3.05) is 6.61 Å². The van der Waals surface area contributed by atoms with Gasteiger partial charge < -0.3 is 18.8 Å². The number of unbranched alkanes of at least 4 members (excludes halogenated alkanes) is 6. The van der Waals surface area contributed by atoms with E-state index in [1.54, 1.807) is 4.57 Å². The molecule has 1 heterocycles. The van der Waals surface area contributed by atoms with Crippen LogP contribution in [0.3, 0.4) is 0 Å². The Balaban J connectivity index is 2.02. The summed E-state index contributed by atoms with van der Waals surface area (Å²) in [5.74, 6) is 0.382. The van der Waals surface area contributed by atoms with Crippen molar-refractivity contribution >= 4 is 16.9 Å². The maximum absolute atomic E-state index is 13.7. The number of aromatic nitrogens is 1. The molecule has 0 aliphatic carbocycles. The van der Waals surface area contributed by atoms with Crippen molar-refractivity contribution in [2.24, 2.45) is 0 Å². The molecule has 0 radical (unpaired) electrons. The fraction of sp³-hybridized carbons (Fsp3) is 0.467. The van der Waals surface area contributed by atoms with E-state index in [4.69, 9.17) is 14.2 Å². The van der Waals surface area contributed by atoms with Gasteiger partial charge in [0.05, 0.1) is 12.1 Å². The van der Waals surface area contributed by atoms with E-state index in [0.29, 0.717) is 18.9 Å². The van der Waals surface area contributed by atoms with Gasteiger partial charge in [-0.25, -0.2) is 0 Å². The number of pyridine rings is 1. The van der Waals surface area contributed by atoms with Crippen LogP contribution in [0.4, 0.5) is 0 Å². The van der Waals surface area contributed by atoms with Gasteiger partial charge in [0.15, 0.2) is 5.75 Å². The molecular formula is C30H39NO5. The molecule has 0 fully saturated rings. The molecule has 0 N–H and O–H groups in total. The van der Waals surface area contributed by atoms with Crippen LogP contribution in [0.2, 0.25) is 0 Å². The summed E-state index contributed by atoms with van der Waals surface area (Å²) in [5.41, 5.74) is 1.32. The van der Waals surface area contributed by atoms with E-state index in [1.165, 1.54) is 26.2 Å². The maximum atomic E-state index is 13.7. The largest absolute Gasteiger partial charge is 0.494 e. The summed E-state index contributed by atoms with van der Waals surface area (Å²) in [7, 11) is 0. The lowest BCUT2D eigenvalue weighted by Crippen LogP contribution is -2.25. The highest BCUT2D eigenvalue weighted by Gasteiger charge is 2.22. The van der Waals surface area contributed by atoms with Crippen molar-refractivity contribution in [3.05, 3.63) is 64.4 Å². The number of benzene rings is 2. The molecule has 3 rings (SSSR count). The average Bonchev–Trinajstić information content (AvgIpc) is 2.88. The Morgan fingerprint density at radius 2 is 1.56 bits per heavy atom. The van der Waals surface area contributed by atoms with Crippen LogP contribution in [0.15, 0.2) is 53.3 Å². The molecule has 0 bridgehead atoms. The monoisotopic (exact) mass is 493 g/mol. The third kappa shape index (κ3) is 7.61. The zero-order valence-corrected chi connectivity index (χ0v) is 21.9. The minimum atomic E-state index is -0.554. The topological polar surface area (TPSA) is 66.8 Å². The van der Waals surface area contributed by atoms with Crippen LogP contribution in [-0.2, 0) is 17.9 Å². The second-order valence-corrected chi connectivity index (χ2v) is 9.13. The van der Waals surface area contributed by atoms with Gasteiger partial charge in [0, 0.05) is 24.9 Å². The molecule has 6 nitrogen and oxygen atoms in total. The number of nitrogens with zero attached hydrogens (tertiary/aromatic N) is 1. The molecule has 0 aliphatic heterocycles. The number of hydrogen-bond acceptors (Lipinski definition) is 5. The van der Waals surface area contributed by atoms with Crippen molar-refractivity contribution in [1.82, 2.24) is 4.57 Å². The van der Waals surface area contributed by atoms with Gasteiger partial charge in [-0.15, -0.1) is 0 Å². The first-order chi connectivity index (χ1) is 17.5. The zero-order chi connectivity index (χ0) is 25.8. The Morgan fingerprint density at radius 1 is 0.833 bits per heavy atom. The molecule has 0 amide bonds. The van der Waals surface area contributed by atoms with Crippen LogP contribution in [0, 0.1) is 0 Å². The minimum Gasteiger partial charge on any atom is -0.494 e. The van der Waals surface area contributed by atoms with Crippen LogP contribution in [0.25, 0.3) is 10.9 Å². The molecule has 36 heavy (non-hydrogen) atoms. The molecule has 0 unspecified atom stereocenters. The summed E-state index contributed by atoms with van der Waals surface area (Å²) in [4.78, 5) is 25.6. The summed E-state index contributed by atoms with van der Waals surface area (Å²) >= 11 is 0. The SMILES string of the molecule is CCCCCCCCn1c(=O)c(OC(C)=O)c(OCc2ccccc2)c2ccc(OCCCC)cc21. The molecule has 0 aliphatic rings. The van der Waals surface area contributed by atoms with Gasteiger partial charge in [-0.2, -0.15) is 0 Å². The fourth-order valence-electron chi connectivity index (χ4n) is 4.18. The number of hydrogen-bond donors (Lipinski definition) is 0. The van der Waals surface area contributed by atoms with Crippen LogP contribution >= 0.6 is 0 Å². The van der Waals surface area contributed by atoms with Gasteiger partial charge in [-0.1, -0.05) is 82.7 Å². The van der Waals surface area contributed by atoms with E-state index in [9.17, 15) is 9.59 Å². The standard InChI is InChI=1S/C30H39NO5/c1-4-6-8-9-10-14-19-31-27-21-25(34-20-7-5-2)17-18-26(27)28(29(30(31)33)36-23(3)32)35-22-24-15-12-11-13-16-24/h11-13,15-18,21H,4-10,14,19-20,22H2,1-3H3. The average molecular weight is 494 g/mol. The number of carbonyl (C=O) groups excluding carboxylic acids is 1. The molecule has 0 atom stereocenters. The lowest BCUT2D eigenvalue weighted by atomic mass is 10.1. The Labute approximate surface area is 214 Å². The van der Waals surface area contributed by atoms with Gasteiger partial charge >= 0.3 is 5.97 Å². The highest BCUT2D eigenvalue weighted by Crippen LogP contribution is 2.35. The summed E-state index contributed by atoms with van der Waals surface area (Å²) in [6.07, 6.45) is 8.66. The Bertz CT molecular complexity index is 1170. The van der Waals surface area contributed by atoms with Gasteiger partial charge in [0.1, 0.15) is 12.4 Å². The van der Waals surface area contributed by atoms with Gasteiger partial charge in [0.2, 0.25) is 5.75 Å². The number of ether oxygens (including phenoxy) is 3. The highest BCUT2D eigenvalue weighted by molar-refractivity contribution is 5.90. The van der Waals surface area contributed by atoms with Gasteiger partial charge in [-0.05, 0) is 30.5 Å². The molecule has 0 saturated heterocycles. The molecule has 0 spiro atoms. The molecule has 2 aromatic carbocycles.